The largest absolute Gasteiger partial charge is 0.294 e. The van der Waals surface area contributed by atoms with E-state index in [9.17, 15) is 9.59 Å². The molecule has 25 heavy (non-hydrogen) atoms. The lowest BCUT2D eigenvalue weighted by atomic mass is 9.80. The van der Waals surface area contributed by atoms with E-state index >= 15 is 0 Å². The highest BCUT2D eigenvalue weighted by atomic mass is 33.1. The van der Waals surface area contributed by atoms with Crippen molar-refractivity contribution in [2.24, 2.45) is 5.41 Å². The van der Waals surface area contributed by atoms with Gasteiger partial charge in [0.15, 0.2) is 11.6 Å². The summed E-state index contributed by atoms with van der Waals surface area (Å²) in [7, 11) is 3.74. The van der Waals surface area contributed by atoms with E-state index < -0.39 is 0 Å². The lowest BCUT2D eigenvalue weighted by Crippen LogP contribution is -2.25. The zero-order valence-corrected chi connectivity index (χ0v) is 15.8. The van der Waals surface area contributed by atoms with Crippen molar-refractivity contribution < 1.29 is 9.59 Å². The highest BCUT2D eigenvalue weighted by Gasteiger charge is 2.35. The SMILES string of the molecule is O=C(CCC1(CCC(=O)c2ccccc2)CSSC1)c1ccccc1. The number of carbonyl (C=O) groups excluding carboxylic acids is 2. The summed E-state index contributed by atoms with van der Waals surface area (Å²) in [5.74, 6) is 2.47. The monoisotopic (exact) mass is 370 g/mol. The second-order valence-electron chi connectivity index (χ2n) is 6.60. The summed E-state index contributed by atoms with van der Waals surface area (Å²) < 4.78 is 0. The maximum absolute atomic E-state index is 12.4. The van der Waals surface area contributed by atoms with Gasteiger partial charge in [-0.25, -0.2) is 0 Å². The van der Waals surface area contributed by atoms with Crippen LogP contribution >= 0.6 is 21.6 Å². The van der Waals surface area contributed by atoms with E-state index in [2.05, 4.69) is 0 Å². The van der Waals surface area contributed by atoms with Crippen LogP contribution in [0.15, 0.2) is 60.7 Å². The highest BCUT2D eigenvalue weighted by Crippen LogP contribution is 2.48. The Morgan fingerprint density at radius 3 is 1.52 bits per heavy atom. The van der Waals surface area contributed by atoms with E-state index in [1.54, 1.807) is 0 Å². The molecule has 0 N–H and O–H groups in total. The van der Waals surface area contributed by atoms with Gasteiger partial charge in [0.1, 0.15) is 0 Å². The summed E-state index contributed by atoms with van der Waals surface area (Å²) in [4.78, 5) is 24.8. The van der Waals surface area contributed by atoms with Crippen LogP contribution in [-0.2, 0) is 0 Å². The van der Waals surface area contributed by atoms with Crippen LogP contribution in [0, 0.1) is 5.41 Å². The van der Waals surface area contributed by atoms with Gasteiger partial charge in [0.05, 0.1) is 0 Å². The fourth-order valence-electron chi connectivity index (χ4n) is 3.08. The maximum Gasteiger partial charge on any atom is 0.162 e. The van der Waals surface area contributed by atoms with Gasteiger partial charge >= 0.3 is 0 Å². The van der Waals surface area contributed by atoms with E-state index in [1.165, 1.54) is 0 Å². The molecule has 1 heterocycles. The average molecular weight is 371 g/mol. The third-order valence-corrected chi connectivity index (χ3v) is 7.60. The lowest BCUT2D eigenvalue weighted by molar-refractivity contribution is 0.0948. The molecule has 0 bridgehead atoms. The first-order valence-corrected chi connectivity index (χ1v) is 11.1. The molecule has 4 heteroatoms. The molecular formula is C21H22O2S2. The van der Waals surface area contributed by atoms with E-state index in [4.69, 9.17) is 0 Å². The molecule has 0 atom stereocenters. The first-order chi connectivity index (χ1) is 12.2. The minimum Gasteiger partial charge on any atom is -0.294 e. The summed E-state index contributed by atoms with van der Waals surface area (Å²) >= 11 is 0. The third kappa shape index (κ3) is 4.99. The number of hydrogen-bond donors (Lipinski definition) is 0. The minimum absolute atomic E-state index is 0.101. The van der Waals surface area contributed by atoms with Gasteiger partial charge in [-0.2, -0.15) is 0 Å². The van der Waals surface area contributed by atoms with E-state index in [0.29, 0.717) is 12.8 Å². The van der Waals surface area contributed by atoms with Gasteiger partial charge in [-0.05, 0) is 18.3 Å². The zero-order valence-electron chi connectivity index (χ0n) is 14.1. The molecule has 1 saturated heterocycles. The highest BCUT2D eigenvalue weighted by molar-refractivity contribution is 8.77. The molecule has 3 rings (SSSR count). The zero-order chi connectivity index (χ0) is 17.5. The van der Waals surface area contributed by atoms with Crippen LogP contribution in [0.1, 0.15) is 46.4 Å². The van der Waals surface area contributed by atoms with Gasteiger partial charge in [-0.1, -0.05) is 82.3 Å². The average Bonchev–Trinajstić information content (AvgIpc) is 3.15. The minimum atomic E-state index is 0.101. The molecule has 1 fully saturated rings. The number of hydrogen-bond acceptors (Lipinski definition) is 4. The van der Waals surface area contributed by atoms with Crippen molar-refractivity contribution in [1.82, 2.24) is 0 Å². The standard InChI is InChI=1S/C21H22O2S2/c22-19(17-7-3-1-4-8-17)11-13-21(15-24-25-16-21)14-12-20(23)18-9-5-2-6-10-18/h1-10H,11-16H2. The molecule has 0 amide bonds. The molecule has 0 aromatic heterocycles. The molecule has 0 aliphatic carbocycles. The van der Waals surface area contributed by atoms with Gasteiger partial charge in [-0.15, -0.1) is 0 Å². The van der Waals surface area contributed by atoms with Crippen LogP contribution in [0.4, 0.5) is 0 Å². The lowest BCUT2D eigenvalue weighted by Gasteiger charge is -2.27. The Labute approximate surface area is 157 Å². The Kier molecular flexibility index (Phi) is 6.38. The second kappa shape index (κ2) is 8.72. The molecule has 2 aromatic rings. The smallest absolute Gasteiger partial charge is 0.162 e. The predicted octanol–water partition coefficient (Wildman–Crippen LogP) is 5.69. The Hall–Kier alpha value is -1.52. The van der Waals surface area contributed by atoms with E-state index in [0.717, 1.165) is 35.5 Å². The summed E-state index contributed by atoms with van der Waals surface area (Å²) in [5.41, 5.74) is 1.68. The summed E-state index contributed by atoms with van der Waals surface area (Å²) in [5, 5.41) is 0. The fraction of sp³-hybridized carbons (Fsp3) is 0.333. The van der Waals surface area contributed by atoms with Crippen molar-refractivity contribution in [2.45, 2.75) is 25.7 Å². The van der Waals surface area contributed by atoms with Crippen LogP contribution in [-0.4, -0.2) is 23.1 Å². The maximum atomic E-state index is 12.4. The van der Waals surface area contributed by atoms with E-state index in [-0.39, 0.29) is 17.0 Å². The van der Waals surface area contributed by atoms with Gasteiger partial charge in [-0.3, -0.25) is 9.59 Å². The molecule has 0 saturated carbocycles. The Morgan fingerprint density at radius 2 is 1.12 bits per heavy atom. The number of rotatable bonds is 8. The second-order valence-corrected chi connectivity index (χ2v) is 9.07. The molecule has 2 aromatic carbocycles. The molecular weight excluding hydrogens is 348 g/mol. The van der Waals surface area contributed by atoms with Crippen molar-refractivity contribution in [2.75, 3.05) is 11.5 Å². The number of Topliss-reactive ketones (excluding diaryl/α,β-unsaturated/α-hetero) is 2. The molecule has 0 spiro atoms. The summed E-state index contributed by atoms with van der Waals surface area (Å²) in [6, 6.07) is 19.0. The third-order valence-electron chi connectivity index (χ3n) is 4.77. The molecule has 1 aliphatic heterocycles. The summed E-state index contributed by atoms with van der Waals surface area (Å²) in [6.07, 6.45) is 2.85. The number of ketones is 2. The molecule has 130 valence electrons. The van der Waals surface area contributed by atoms with Gasteiger partial charge in [0.2, 0.25) is 0 Å². The fourth-order valence-corrected chi connectivity index (χ4v) is 6.66. The van der Waals surface area contributed by atoms with Crippen molar-refractivity contribution in [3.05, 3.63) is 71.8 Å². The van der Waals surface area contributed by atoms with Crippen molar-refractivity contribution >= 4 is 33.2 Å². The van der Waals surface area contributed by atoms with Gasteiger partial charge < -0.3 is 0 Å². The predicted molar refractivity (Wildman–Crippen MR) is 107 cm³/mol. The van der Waals surface area contributed by atoms with Crippen molar-refractivity contribution in [1.29, 1.82) is 0 Å². The normalized spacial score (nSPS) is 15.8. The van der Waals surface area contributed by atoms with E-state index in [1.807, 2.05) is 82.3 Å². The number of carbonyl (C=O) groups is 2. The Bertz CT molecular complexity index is 650. The Morgan fingerprint density at radius 1 is 0.720 bits per heavy atom. The molecule has 2 nitrogen and oxygen atoms in total. The van der Waals surface area contributed by atoms with Crippen LogP contribution in [0.2, 0.25) is 0 Å². The van der Waals surface area contributed by atoms with Crippen LogP contribution in [0.5, 0.6) is 0 Å². The molecule has 1 aliphatic rings. The quantitative estimate of drug-likeness (QED) is 0.441. The molecule has 0 radical (unpaired) electrons. The topological polar surface area (TPSA) is 34.1 Å². The van der Waals surface area contributed by atoms with Gasteiger partial charge in [0, 0.05) is 35.5 Å². The van der Waals surface area contributed by atoms with Gasteiger partial charge in [0.25, 0.3) is 0 Å². The first kappa shape index (κ1) is 18.3. The van der Waals surface area contributed by atoms with Crippen molar-refractivity contribution in [3.8, 4) is 0 Å². The van der Waals surface area contributed by atoms with Crippen LogP contribution < -0.4 is 0 Å². The molecule has 0 unspecified atom stereocenters. The van der Waals surface area contributed by atoms with Crippen molar-refractivity contribution in [3.63, 3.8) is 0 Å². The number of benzene rings is 2. The Balaban J connectivity index is 1.58. The summed E-state index contributed by atoms with van der Waals surface area (Å²) in [6.45, 7) is 0. The van der Waals surface area contributed by atoms with Crippen LogP contribution in [0.25, 0.3) is 0 Å². The van der Waals surface area contributed by atoms with Crippen LogP contribution in [0.3, 0.4) is 0 Å². The first-order valence-electron chi connectivity index (χ1n) is 8.59.